The summed E-state index contributed by atoms with van der Waals surface area (Å²) in [6, 6.07) is 0. The number of hydrogen-bond acceptors (Lipinski definition) is 0. The second kappa shape index (κ2) is 4.14. The molecule has 0 heteroatoms. The molecule has 2 saturated carbocycles. The van der Waals surface area contributed by atoms with Crippen LogP contribution < -0.4 is 0 Å². The summed E-state index contributed by atoms with van der Waals surface area (Å²) in [7, 11) is 0. The fourth-order valence-corrected chi connectivity index (χ4v) is 4.25. The third-order valence-electron chi connectivity index (χ3n) is 6.09. The summed E-state index contributed by atoms with van der Waals surface area (Å²) in [5.41, 5.74) is 2.58. The SMILES string of the molecule is C=C1CC[C@@H](C)C2(C)CCC(C(C)(C)C)CC12. The van der Waals surface area contributed by atoms with Gasteiger partial charge in [0, 0.05) is 0 Å². The fourth-order valence-electron chi connectivity index (χ4n) is 4.25. The van der Waals surface area contributed by atoms with E-state index in [0.29, 0.717) is 10.8 Å². The Balaban J connectivity index is 2.21. The van der Waals surface area contributed by atoms with Crippen molar-refractivity contribution in [2.24, 2.45) is 28.6 Å². The summed E-state index contributed by atoms with van der Waals surface area (Å²) in [6.07, 6.45) is 6.88. The molecule has 2 fully saturated rings. The second-order valence-electron chi connectivity index (χ2n) is 7.99. The highest BCUT2D eigenvalue weighted by atomic mass is 14.5. The first-order valence-electron chi connectivity index (χ1n) is 7.43. The Morgan fingerprint density at radius 1 is 1.24 bits per heavy atom. The van der Waals surface area contributed by atoms with Crippen molar-refractivity contribution in [2.75, 3.05) is 0 Å². The second-order valence-corrected chi connectivity index (χ2v) is 7.99. The molecule has 2 rings (SSSR count). The van der Waals surface area contributed by atoms with Crippen LogP contribution in [0.3, 0.4) is 0 Å². The van der Waals surface area contributed by atoms with Gasteiger partial charge in [-0.1, -0.05) is 46.8 Å². The van der Waals surface area contributed by atoms with Crippen LogP contribution in [0.25, 0.3) is 0 Å². The molecule has 0 N–H and O–H groups in total. The van der Waals surface area contributed by atoms with Crippen molar-refractivity contribution in [1.82, 2.24) is 0 Å². The van der Waals surface area contributed by atoms with E-state index >= 15 is 0 Å². The van der Waals surface area contributed by atoms with Crippen LogP contribution >= 0.6 is 0 Å². The molecule has 0 nitrogen and oxygen atoms in total. The molecule has 0 amide bonds. The Hall–Kier alpha value is -0.260. The Morgan fingerprint density at radius 2 is 1.88 bits per heavy atom. The van der Waals surface area contributed by atoms with Crippen molar-refractivity contribution in [3.05, 3.63) is 12.2 Å². The lowest BCUT2D eigenvalue weighted by molar-refractivity contribution is -0.00438. The van der Waals surface area contributed by atoms with Crippen LogP contribution in [-0.2, 0) is 0 Å². The highest BCUT2D eigenvalue weighted by Gasteiger charge is 2.48. The molecule has 4 atom stereocenters. The van der Waals surface area contributed by atoms with Gasteiger partial charge in [0.25, 0.3) is 0 Å². The van der Waals surface area contributed by atoms with Crippen LogP contribution in [-0.4, -0.2) is 0 Å². The third kappa shape index (κ3) is 2.20. The van der Waals surface area contributed by atoms with Gasteiger partial charge in [-0.05, 0) is 60.7 Å². The lowest BCUT2D eigenvalue weighted by atomic mass is 9.51. The van der Waals surface area contributed by atoms with Crippen molar-refractivity contribution in [3.63, 3.8) is 0 Å². The van der Waals surface area contributed by atoms with Crippen LogP contribution in [0, 0.1) is 28.6 Å². The Labute approximate surface area is 108 Å². The highest BCUT2D eigenvalue weighted by molar-refractivity contribution is 5.14. The summed E-state index contributed by atoms with van der Waals surface area (Å²) in [6.45, 7) is 16.6. The van der Waals surface area contributed by atoms with Gasteiger partial charge in [-0.2, -0.15) is 0 Å². The molecule has 0 aromatic rings. The van der Waals surface area contributed by atoms with E-state index in [-0.39, 0.29) is 0 Å². The minimum absolute atomic E-state index is 0.474. The number of fused-ring (bicyclic) bond motifs is 1. The molecule has 2 aliphatic carbocycles. The molecule has 98 valence electrons. The van der Waals surface area contributed by atoms with Crippen molar-refractivity contribution in [2.45, 2.75) is 66.7 Å². The number of rotatable bonds is 0. The maximum Gasteiger partial charge on any atom is -0.0147 e. The summed E-state index contributed by atoms with van der Waals surface area (Å²) in [5, 5.41) is 0. The minimum Gasteiger partial charge on any atom is -0.0996 e. The van der Waals surface area contributed by atoms with Gasteiger partial charge in [-0.25, -0.2) is 0 Å². The monoisotopic (exact) mass is 234 g/mol. The van der Waals surface area contributed by atoms with E-state index in [1.54, 1.807) is 5.57 Å². The quantitative estimate of drug-likeness (QED) is 0.489. The lowest BCUT2D eigenvalue weighted by Gasteiger charge is -2.54. The van der Waals surface area contributed by atoms with Gasteiger partial charge in [0.15, 0.2) is 0 Å². The molecule has 0 radical (unpaired) electrons. The van der Waals surface area contributed by atoms with Crippen molar-refractivity contribution >= 4 is 0 Å². The van der Waals surface area contributed by atoms with E-state index in [2.05, 4.69) is 41.2 Å². The number of hydrogen-bond donors (Lipinski definition) is 0. The van der Waals surface area contributed by atoms with E-state index in [9.17, 15) is 0 Å². The minimum atomic E-state index is 0.474. The Kier molecular flexibility index (Phi) is 3.21. The van der Waals surface area contributed by atoms with E-state index in [0.717, 1.165) is 17.8 Å². The maximum atomic E-state index is 4.39. The molecular weight excluding hydrogens is 204 g/mol. The van der Waals surface area contributed by atoms with Gasteiger partial charge in [-0.15, -0.1) is 0 Å². The van der Waals surface area contributed by atoms with Crippen molar-refractivity contribution < 1.29 is 0 Å². The molecule has 0 saturated heterocycles. The first kappa shape index (κ1) is 13.2. The molecule has 0 aromatic carbocycles. The lowest BCUT2D eigenvalue weighted by Crippen LogP contribution is -2.45. The summed E-state index contributed by atoms with van der Waals surface area (Å²) >= 11 is 0. The molecule has 17 heavy (non-hydrogen) atoms. The molecular formula is C17H30. The van der Waals surface area contributed by atoms with Gasteiger partial charge in [0.05, 0.1) is 0 Å². The Morgan fingerprint density at radius 3 is 2.47 bits per heavy atom. The van der Waals surface area contributed by atoms with Gasteiger partial charge >= 0.3 is 0 Å². The van der Waals surface area contributed by atoms with Crippen LogP contribution in [0.1, 0.15) is 66.7 Å². The van der Waals surface area contributed by atoms with Gasteiger partial charge < -0.3 is 0 Å². The largest absolute Gasteiger partial charge is 0.0996 e. The van der Waals surface area contributed by atoms with Gasteiger partial charge in [0.2, 0.25) is 0 Å². The summed E-state index contributed by atoms with van der Waals surface area (Å²) in [5.74, 6) is 2.57. The topological polar surface area (TPSA) is 0 Å². The standard InChI is InChI=1S/C17H30/c1-12-7-8-13(2)17(6)10-9-14(11-15(12)17)16(3,4)5/h13-15H,1,7-11H2,2-6H3/t13-,14?,15?,17?/m1/s1. The molecule has 2 aliphatic rings. The number of allylic oxidation sites excluding steroid dienone is 1. The molecule has 0 heterocycles. The summed E-state index contributed by atoms with van der Waals surface area (Å²) in [4.78, 5) is 0. The maximum absolute atomic E-state index is 4.39. The Bertz CT molecular complexity index is 306. The van der Waals surface area contributed by atoms with Gasteiger partial charge in [0.1, 0.15) is 0 Å². The predicted molar refractivity (Wildman–Crippen MR) is 75.9 cm³/mol. The van der Waals surface area contributed by atoms with Crippen molar-refractivity contribution in [1.29, 1.82) is 0 Å². The van der Waals surface area contributed by atoms with Crippen LogP contribution in [0.2, 0.25) is 0 Å². The average molecular weight is 234 g/mol. The zero-order valence-corrected chi connectivity index (χ0v) is 12.5. The smallest absolute Gasteiger partial charge is 0.0147 e. The third-order valence-corrected chi connectivity index (χ3v) is 6.09. The van der Waals surface area contributed by atoms with E-state index in [1.165, 1.54) is 32.1 Å². The fraction of sp³-hybridized carbons (Fsp3) is 0.882. The molecule has 0 bridgehead atoms. The van der Waals surface area contributed by atoms with Crippen LogP contribution in [0.5, 0.6) is 0 Å². The normalized spacial score (nSPS) is 43.4. The zero-order chi connectivity index (χ0) is 12.8. The van der Waals surface area contributed by atoms with Crippen LogP contribution in [0.15, 0.2) is 12.2 Å². The van der Waals surface area contributed by atoms with Crippen molar-refractivity contribution in [3.8, 4) is 0 Å². The van der Waals surface area contributed by atoms with Crippen LogP contribution in [0.4, 0.5) is 0 Å². The summed E-state index contributed by atoms with van der Waals surface area (Å²) < 4.78 is 0. The predicted octanol–water partition coefficient (Wildman–Crippen LogP) is 5.44. The molecule has 0 spiro atoms. The highest BCUT2D eigenvalue weighted by Crippen LogP contribution is 2.58. The van der Waals surface area contributed by atoms with E-state index < -0.39 is 0 Å². The first-order chi connectivity index (χ1) is 7.75. The average Bonchev–Trinajstić information content (AvgIpc) is 2.22. The van der Waals surface area contributed by atoms with Gasteiger partial charge in [-0.3, -0.25) is 0 Å². The molecule has 0 aliphatic heterocycles. The zero-order valence-electron chi connectivity index (χ0n) is 12.5. The van der Waals surface area contributed by atoms with E-state index in [1.807, 2.05) is 0 Å². The molecule has 0 aromatic heterocycles. The first-order valence-corrected chi connectivity index (χ1v) is 7.43. The molecule has 3 unspecified atom stereocenters. The van der Waals surface area contributed by atoms with E-state index in [4.69, 9.17) is 0 Å².